The lowest BCUT2D eigenvalue weighted by molar-refractivity contribution is 0.0735. The van der Waals surface area contributed by atoms with Crippen molar-refractivity contribution in [1.82, 2.24) is 4.57 Å². The standard InChI is InChI=1S/C23H17N3O4/c1-26-19-10-6-5-9-18(19)21(27)20(22(26)28)25-24-16-11-13-17(14-12-16)30-23(29)15-7-3-2-4-8-15/h2-14,27H,1H3. The summed E-state index contributed by atoms with van der Waals surface area (Å²) >= 11 is 0. The van der Waals surface area contributed by atoms with Gasteiger partial charge in [-0.15, -0.1) is 5.11 Å². The Morgan fingerprint density at radius 2 is 1.57 bits per heavy atom. The van der Waals surface area contributed by atoms with Gasteiger partial charge in [0.25, 0.3) is 5.56 Å². The summed E-state index contributed by atoms with van der Waals surface area (Å²) in [5.74, 6) is -0.326. The predicted octanol–water partition coefficient (Wildman–Crippen LogP) is 4.88. The van der Waals surface area contributed by atoms with Gasteiger partial charge in [-0.25, -0.2) is 4.79 Å². The summed E-state index contributed by atoms with van der Waals surface area (Å²) in [6.45, 7) is 0. The number of nitrogens with zero attached hydrogens (tertiary/aromatic N) is 3. The van der Waals surface area contributed by atoms with Crippen LogP contribution in [0.4, 0.5) is 11.4 Å². The number of hydrogen-bond acceptors (Lipinski definition) is 6. The lowest BCUT2D eigenvalue weighted by atomic mass is 10.2. The third kappa shape index (κ3) is 3.68. The van der Waals surface area contributed by atoms with Crippen LogP contribution in [0.15, 0.2) is 93.9 Å². The van der Waals surface area contributed by atoms with E-state index in [-0.39, 0.29) is 11.4 Å². The number of hydrogen-bond donors (Lipinski definition) is 1. The molecule has 0 saturated heterocycles. The van der Waals surface area contributed by atoms with E-state index in [0.29, 0.717) is 27.9 Å². The van der Waals surface area contributed by atoms with E-state index in [4.69, 9.17) is 4.74 Å². The molecule has 1 aromatic heterocycles. The molecule has 4 aromatic rings. The van der Waals surface area contributed by atoms with Crippen LogP contribution in [0.1, 0.15) is 10.4 Å². The summed E-state index contributed by atoms with van der Waals surface area (Å²) in [4.78, 5) is 24.6. The molecule has 4 rings (SSSR count). The molecule has 7 nitrogen and oxygen atoms in total. The zero-order chi connectivity index (χ0) is 21.1. The lowest BCUT2D eigenvalue weighted by Gasteiger charge is -2.08. The second-order valence-electron chi connectivity index (χ2n) is 6.53. The number of carbonyl (C=O) groups is 1. The molecule has 0 spiro atoms. The fourth-order valence-corrected chi connectivity index (χ4v) is 2.98. The van der Waals surface area contributed by atoms with Crippen molar-refractivity contribution in [1.29, 1.82) is 0 Å². The highest BCUT2D eigenvalue weighted by molar-refractivity contribution is 5.91. The number of carbonyl (C=O) groups excluding carboxylic acids is 1. The van der Waals surface area contributed by atoms with Crippen molar-refractivity contribution >= 4 is 28.2 Å². The number of esters is 1. The van der Waals surface area contributed by atoms with E-state index in [1.165, 1.54) is 4.57 Å². The number of rotatable bonds is 4. The first-order valence-electron chi connectivity index (χ1n) is 9.14. The first-order valence-corrected chi connectivity index (χ1v) is 9.14. The molecule has 0 atom stereocenters. The number of benzene rings is 3. The number of aromatic nitrogens is 1. The van der Waals surface area contributed by atoms with Crippen molar-refractivity contribution in [3.05, 3.63) is 94.8 Å². The summed E-state index contributed by atoms with van der Waals surface area (Å²) < 4.78 is 6.73. The molecular formula is C23H17N3O4. The van der Waals surface area contributed by atoms with Gasteiger partial charge >= 0.3 is 5.97 Å². The summed E-state index contributed by atoms with van der Waals surface area (Å²) in [6, 6.07) is 22.0. The van der Waals surface area contributed by atoms with E-state index in [1.807, 2.05) is 6.07 Å². The fourth-order valence-electron chi connectivity index (χ4n) is 2.98. The zero-order valence-corrected chi connectivity index (χ0v) is 16.0. The molecule has 3 aromatic carbocycles. The fraction of sp³-hybridized carbons (Fsp3) is 0.0435. The molecular weight excluding hydrogens is 382 g/mol. The lowest BCUT2D eigenvalue weighted by Crippen LogP contribution is -2.16. The van der Waals surface area contributed by atoms with Gasteiger partial charge in [0.1, 0.15) is 5.75 Å². The number of fused-ring (bicyclic) bond motifs is 1. The van der Waals surface area contributed by atoms with Crippen LogP contribution in [0.25, 0.3) is 10.9 Å². The van der Waals surface area contributed by atoms with Gasteiger partial charge in [0, 0.05) is 12.4 Å². The van der Waals surface area contributed by atoms with Crippen LogP contribution < -0.4 is 10.3 Å². The minimum absolute atomic E-state index is 0.143. The normalized spacial score (nSPS) is 11.1. The maximum atomic E-state index is 12.5. The van der Waals surface area contributed by atoms with Crippen LogP contribution in [0.3, 0.4) is 0 Å². The van der Waals surface area contributed by atoms with Crippen LogP contribution >= 0.6 is 0 Å². The minimum Gasteiger partial charge on any atom is -0.505 e. The second-order valence-corrected chi connectivity index (χ2v) is 6.53. The Morgan fingerprint density at radius 3 is 2.30 bits per heavy atom. The maximum Gasteiger partial charge on any atom is 0.343 e. The van der Waals surface area contributed by atoms with Crippen molar-refractivity contribution < 1.29 is 14.6 Å². The van der Waals surface area contributed by atoms with Crippen LogP contribution in [-0.4, -0.2) is 15.6 Å². The number of para-hydroxylation sites is 1. The summed E-state index contributed by atoms with van der Waals surface area (Å²) in [5, 5.41) is 19.0. The van der Waals surface area contributed by atoms with Gasteiger partial charge in [-0.3, -0.25) is 4.79 Å². The van der Waals surface area contributed by atoms with Crippen molar-refractivity contribution in [3.8, 4) is 11.5 Å². The van der Waals surface area contributed by atoms with Gasteiger partial charge in [0.05, 0.1) is 16.8 Å². The number of aromatic hydroxyl groups is 1. The average Bonchev–Trinajstić information content (AvgIpc) is 2.79. The average molecular weight is 399 g/mol. The monoisotopic (exact) mass is 399 g/mol. The van der Waals surface area contributed by atoms with E-state index in [2.05, 4.69) is 10.2 Å². The zero-order valence-electron chi connectivity index (χ0n) is 16.0. The van der Waals surface area contributed by atoms with Crippen molar-refractivity contribution in [2.45, 2.75) is 0 Å². The molecule has 0 radical (unpaired) electrons. The molecule has 0 amide bonds. The van der Waals surface area contributed by atoms with E-state index >= 15 is 0 Å². The van der Waals surface area contributed by atoms with Crippen LogP contribution in [0.2, 0.25) is 0 Å². The molecule has 1 N–H and O–H groups in total. The molecule has 0 fully saturated rings. The van der Waals surface area contributed by atoms with E-state index in [0.717, 1.165) is 0 Å². The van der Waals surface area contributed by atoms with Gasteiger partial charge in [-0.1, -0.05) is 30.3 Å². The van der Waals surface area contributed by atoms with Gasteiger partial charge < -0.3 is 14.4 Å². The highest BCUT2D eigenvalue weighted by atomic mass is 16.5. The van der Waals surface area contributed by atoms with Crippen molar-refractivity contribution in [2.24, 2.45) is 17.3 Å². The van der Waals surface area contributed by atoms with Gasteiger partial charge in [0.2, 0.25) is 0 Å². The van der Waals surface area contributed by atoms with E-state index in [9.17, 15) is 14.7 Å². The first kappa shape index (κ1) is 19.1. The highest BCUT2D eigenvalue weighted by Crippen LogP contribution is 2.32. The number of aryl methyl sites for hydroxylation is 1. The Labute approximate surface area is 171 Å². The highest BCUT2D eigenvalue weighted by Gasteiger charge is 2.14. The Kier molecular flexibility index (Phi) is 5.09. The van der Waals surface area contributed by atoms with Gasteiger partial charge in [-0.2, -0.15) is 5.11 Å². The maximum absolute atomic E-state index is 12.5. The number of ether oxygens (including phenoxy) is 1. The van der Waals surface area contributed by atoms with Gasteiger partial charge in [0.15, 0.2) is 11.4 Å². The predicted molar refractivity (Wildman–Crippen MR) is 113 cm³/mol. The largest absolute Gasteiger partial charge is 0.505 e. The van der Waals surface area contributed by atoms with E-state index in [1.54, 1.807) is 79.8 Å². The molecule has 0 aliphatic heterocycles. The third-order valence-corrected chi connectivity index (χ3v) is 4.57. The number of azo groups is 1. The number of pyridine rings is 1. The molecule has 0 aliphatic rings. The van der Waals surface area contributed by atoms with Crippen molar-refractivity contribution in [3.63, 3.8) is 0 Å². The SMILES string of the molecule is Cn1c(=O)c(N=Nc2ccc(OC(=O)c3ccccc3)cc2)c(O)c2ccccc21. The molecule has 0 unspecified atom stereocenters. The van der Waals surface area contributed by atoms with Crippen LogP contribution in [-0.2, 0) is 7.05 Å². The van der Waals surface area contributed by atoms with Crippen molar-refractivity contribution in [2.75, 3.05) is 0 Å². The summed E-state index contributed by atoms with van der Waals surface area (Å²) in [5.41, 5.74) is 0.885. The summed E-state index contributed by atoms with van der Waals surface area (Å²) in [7, 11) is 1.61. The Hall–Kier alpha value is -4.26. The molecule has 0 saturated carbocycles. The Morgan fingerprint density at radius 1 is 0.900 bits per heavy atom. The smallest absolute Gasteiger partial charge is 0.343 e. The quantitative estimate of drug-likeness (QED) is 0.301. The second kappa shape index (κ2) is 8.00. The first-order chi connectivity index (χ1) is 14.5. The summed E-state index contributed by atoms with van der Waals surface area (Å²) in [6.07, 6.45) is 0. The molecule has 148 valence electrons. The minimum atomic E-state index is -0.463. The van der Waals surface area contributed by atoms with Crippen LogP contribution in [0, 0.1) is 0 Å². The topological polar surface area (TPSA) is 93.3 Å². The molecule has 30 heavy (non-hydrogen) atoms. The Balaban J connectivity index is 1.57. The van der Waals surface area contributed by atoms with Crippen LogP contribution in [0.5, 0.6) is 11.5 Å². The molecule has 1 heterocycles. The van der Waals surface area contributed by atoms with E-state index < -0.39 is 11.5 Å². The van der Waals surface area contributed by atoms with Gasteiger partial charge in [-0.05, 0) is 48.5 Å². The molecule has 0 aliphatic carbocycles. The molecule has 0 bridgehead atoms. The third-order valence-electron chi connectivity index (χ3n) is 4.57. The Bertz CT molecular complexity index is 1310. The molecule has 7 heteroatoms.